The number of nitrogens with zero attached hydrogens (tertiary/aromatic N) is 3. The van der Waals surface area contributed by atoms with Crippen molar-refractivity contribution in [1.82, 2.24) is 25.9 Å². The van der Waals surface area contributed by atoms with Crippen LogP contribution in [0.25, 0.3) is 22.2 Å². The average molecular weight is 464 g/mol. The Labute approximate surface area is 203 Å². The molecule has 35 heavy (non-hydrogen) atoms. The summed E-state index contributed by atoms with van der Waals surface area (Å²) in [5.74, 6) is 1.06. The minimum Gasteiger partial charge on any atom is -0.489 e. The highest BCUT2D eigenvalue weighted by Gasteiger charge is 2.17. The molecule has 1 aromatic heterocycles. The molecule has 0 spiro atoms. The maximum absolute atomic E-state index is 13.3. The number of hydrogen-bond acceptors (Lipinski definition) is 5. The van der Waals surface area contributed by atoms with Gasteiger partial charge in [0.15, 0.2) is 0 Å². The molecule has 7 nitrogen and oxygen atoms in total. The second-order valence-corrected chi connectivity index (χ2v) is 8.52. The highest BCUT2D eigenvalue weighted by atomic mass is 16.5. The van der Waals surface area contributed by atoms with Crippen molar-refractivity contribution in [1.29, 1.82) is 0 Å². The molecule has 0 aliphatic rings. The number of fused-ring (bicyclic) bond motifs is 1. The highest BCUT2D eigenvalue weighted by Crippen LogP contribution is 2.27. The van der Waals surface area contributed by atoms with Gasteiger partial charge in [-0.25, -0.2) is 0 Å². The zero-order chi connectivity index (χ0) is 24.2. The SMILES string of the molecule is Cc1cccc(COc2ccc(C(C)NC(=O)c3cc(-c4nn[nH]n4)cc4ccccc34)cc2)c1. The van der Waals surface area contributed by atoms with Crippen molar-refractivity contribution in [3.63, 3.8) is 0 Å². The summed E-state index contributed by atoms with van der Waals surface area (Å²) in [6, 6.07) is 27.4. The maximum Gasteiger partial charge on any atom is 0.252 e. The molecule has 7 heteroatoms. The second kappa shape index (κ2) is 9.77. The first kappa shape index (κ1) is 22.3. The number of aromatic nitrogens is 4. The van der Waals surface area contributed by atoms with Crippen LogP contribution in [0.2, 0.25) is 0 Å². The Kier molecular flexibility index (Phi) is 6.22. The standard InChI is InChI=1S/C28H25N5O2/c1-18-6-5-7-20(14-18)17-35-24-12-10-21(11-13-24)19(2)29-28(34)26-16-23(27-30-32-33-31-27)15-22-8-3-4-9-25(22)26/h3-16,19H,17H2,1-2H3,(H,29,34)(H,30,31,32,33). The monoisotopic (exact) mass is 463 g/mol. The molecule has 5 aromatic rings. The quantitative estimate of drug-likeness (QED) is 0.337. The fourth-order valence-corrected chi connectivity index (χ4v) is 4.09. The van der Waals surface area contributed by atoms with E-state index in [1.54, 1.807) is 6.07 Å². The number of carbonyl (C=O) groups is 1. The van der Waals surface area contributed by atoms with Gasteiger partial charge in [-0.3, -0.25) is 4.79 Å². The number of nitrogens with one attached hydrogen (secondary N) is 2. The van der Waals surface area contributed by atoms with Crippen LogP contribution in [0, 0.1) is 6.92 Å². The van der Waals surface area contributed by atoms with Crippen molar-refractivity contribution in [2.75, 3.05) is 0 Å². The van der Waals surface area contributed by atoms with Crippen molar-refractivity contribution >= 4 is 16.7 Å². The predicted molar refractivity (Wildman–Crippen MR) is 135 cm³/mol. The second-order valence-electron chi connectivity index (χ2n) is 8.52. The third-order valence-electron chi connectivity index (χ3n) is 5.93. The number of tetrazole rings is 1. The van der Waals surface area contributed by atoms with Crippen LogP contribution in [0.15, 0.2) is 84.9 Å². The molecule has 0 saturated carbocycles. The number of hydrogen-bond donors (Lipinski definition) is 2. The van der Waals surface area contributed by atoms with Crippen molar-refractivity contribution in [3.8, 4) is 17.1 Å². The number of rotatable bonds is 7. The number of benzene rings is 4. The number of carbonyl (C=O) groups excluding carboxylic acids is 1. The van der Waals surface area contributed by atoms with Crippen LogP contribution in [0.3, 0.4) is 0 Å². The van der Waals surface area contributed by atoms with Gasteiger partial charge in [0.2, 0.25) is 5.82 Å². The Balaban J connectivity index is 1.31. The third kappa shape index (κ3) is 5.04. The molecule has 174 valence electrons. The molecule has 1 amide bonds. The molecule has 0 radical (unpaired) electrons. The average Bonchev–Trinajstić information content (AvgIpc) is 3.42. The molecule has 0 aliphatic carbocycles. The Hall–Kier alpha value is -4.52. The van der Waals surface area contributed by atoms with Crippen LogP contribution in [0.5, 0.6) is 5.75 Å². The lowest BCUT2D eigenvalue weighted by molar-refractivity contribution is 0.0941. The van der Waals surface area contributed by atoms with E-state index in [1.165, 1.54) is 5.56 Å². The van der Waals surface area contributed by atoms with Gasteiger partial charge in [-0.2, -0.15) is 5.21 Å². The summed E-state index contributed by atoms with van der Waals surface area (Å²) in [6.07, 6.45) is 0. The van der Waals surface area contributed by atoms with Crippen molar-refractivity contribution in [2.24, 2.45) is 0 Å². The zero-order valence-corrected chi connectivity index (χ0v) is 19.5. The van der Waals surface area contributed by atoms with Crippen molar-refractivity contribution < 1.29 is 9.53 Å². The Morgan fingerprint density at radius 2 is 1.83 bits per heavy atom. The molecule has 2 N–H and O–H groups in total. The molecule has 1 unspecified atom stereocenters. The molecule has 0 bridgehead atoms. The number of H-pyrrole nitrogens is 1. The van der Waals surface area contributed by atoms with E-state index in [-0.39, 0.29) is 11.9 Å². The molecule has 4 aromatic carbocycles. The Morgan fingerprint density at radius 3 is 2.60 bits per heavy atom. The lowest BCUT2D eigenvalue weighted by Crippen LogP contribution is -2.26. The summed E-state index contributed by atoms with van der Waals surface area (Å²) in [6.45, 7) is 4.54. The topological polar surface area (TPSA) is 92.8 Å². The summed E-state index contributed by atoms with van der Waals surface area (Å²) < 4.78 is 5.92. The largest absolute Gasteiger partial charge is 0.489 e. The van der Waals surface area contributed by atoms with E-state index in [9.17, 15) is 4.79 Å². The van der Waals surface area contributed by atoms with E-state index in [0.29, 0.717) is 18.0 Å². The molecule has 1 atom stereocenters. The number of amides is 1. The molecular formula is C28H25N5O2. The van der Waals surface area contributed by atoms with Crippen molar-refractivity contribution in [2.45, 2.75) is 26.5 Å². The van der Waals surface area contributed by atoms with E-state index in [2.05, 4.69) is 51.1 Å². The fraction of sp³-hybridized carbons (Fsp3) is 0.143. The number of aromatic amines is 1. The summed E-state index contributed by atoms with van der Waals surface area (Å²) in [7, 11) is 0. The lowest BCUT2D eigenvalue weighted by atomic mass is 9.99. The van der Waals surface area contributed by atoms with Crippen LogP contribution >= 0.6 is 0 Å². The first-order chi connectivity index (χ1) is 17.1. The number of ether oxygens (including phenoxy) is 1. The molecule has 0 aliphatic heterocycles. The van der Waals surface area contributed by atoms with E-state index in [0.717, 1.165) is 33.2 Å². The molecule has 1 heterocycles. The molecule has 0 saturated heterocycles. The minimum absolute atomic E-state index is 0.168. The Morgan fingerprint density at radius 1 is 1.00 bits per heavy atom. The van der Waals surface area contributed by atoms with Crippen LogP contribution in [-0.4, -0.2) is 26.5 Å². The Bertz CT molecular complexity index is 1460. The van der Waals surface area contributed by atoms with Gasteiger partial charge >= 0.3 is 0 Å². The van der Waals surface area contributed by atoms with Gasteiger partial charge in [0, 0.05) is 11.1 Å². The first-order valence-corrected chi connectivity index (χ1v) is 11.4. The summed E-state index contributed by atoms with van der Waals surface area (Å²) in [4.78, 5) is 13.3. The van der Waals surface area contributed by atoms with Gasteiger partial charge in [-0.1, -0.05) is 66.2 Å². The number of aryl methyl sites for hydroxylation is 1. The smallest absolute Gasteiger partial charge is 0.252 e. The van der Waals surface area contributed by atoms with Gasteiger partial charge in [-0.05, 0) is 65.2 Å². The lowest BCUT2D eigenvalue weighted by Gasteiger charge is -2.16. The van der Waals surface area contributed by atoms with Crippen molar-refractivity contribution in [3.05, 3.63) is 107 Å². The predicted octanol–water partition coefficient (Wildman–Crippen LogP) is 5.40. The van der Waals surface area contributed by atoms with E-state index in [4.69, 9.17) is 4.74 Å². The van der Waals surface area contributed by atoms with Crippen LogP contribution in [0.1, 0.15) is 40.0 Å². The van der Waals surface area contributed by atoms with Gasteiger partial charge in [0.1, 0.15) is 12.4 Å². The van der Waals surface area contributed by atoms with E-state index < -0.39 is 0 Å². The first-order valence-electron chi connectivity index (χ1n) is 11.4. The van der Waals surface area contributed by atoms with Crippen LogP contribution in [-0.2, 0) is 6.61 Å². The normalized spacial score (nSPS) is 11.8. The molecule has 5 rings (SSSR count). The minimum atomic E-state index is -0.194. The van der Waals surface area contributed by atoms with Gasteiger partial charge in [0.25, 0.3) is 5.91 Å². The van der Waals surface area contributed by atoms with Gasteiger partial charge < -0.3 is 10.1 Å². The summed E-state index contributed by atoms with van der Waals surface area (Å²) >= 11 is 0. The summed E-state index contributed by atoms with van der Waals surface area (Å²) in [5.41, 5.74) is 4.62. The van der Waals surface area contributed by atoms with Gasteiger partial charge in [0.05, 0.1) is 6.04 Å². The zero-order valence-electron chi connectivity index (χ0n) is 19.5. The van der Waals surface area contributed by atoms with E-state index in [1.807, 2.05) is 67.6 Å². The van der Waals surface area contributed by atoms with Crippen LogP contribution < -0.4 is 10.1 Å². The highest BCUT2D eigenvalue weighted by molar-refractivity contribution is 6.08. The third-order valence-corrected chi connectivity index (χ3v) is 5.93. The molecule has 0 fully saturated rings. The van der Waals surface area contributed by atoms with Crippen LogP contribution in [0.4, 0.5) is 0 Å². The van der Waals surface area contributed by atoms with E-state index >= 15 is 0 Å². The molecular weight excluding hydrogens is 438 g/mol. The fourth-order valence-electron chi connectivity index (χ4n) is 4.09. The summed E-state index contributed by atoms with van der Waals surface area (Å²) in [5, 5.41) is 19.1. The van der Waals surface area contributed by atoms with Gasteiger partial charge in [-0.15, -0.1) is 10.2 Å². The maximum atomic E-state index is 13.3.